The SMILES string of the molecule is C=CCN(c1ccc(C(=O)N[C@H](C)COc2ccccc2C)cc1)S(C)(=O)=O. The summed E-state index contributed by atoms with van der Waals surface area (Å²) in [7, 11) is -3.42. The van der Waals surface area contributed by atoms with Crippen LogP contribution in [0.5, 0.6) is 5.75 Å². The molecular formula is C21H26N2O4S. The third kappa shape index (κ3) is 5.85. The summed E-state index contributed by atoms with van der Waals surface area (Å²) >= 11 is 0. The molecule has 0 aromatic heterocycles. The summed E-state index contributed by atoms with van der Waals surface area (Å²) in [6, 6.07) is 13.9. The maximum absolute atomic E-state index is 12.4. The molecule has 28 heavy (non-hydrogen) atoms. The molecule has 0 unspecified atom stereocenters. The Morgan fingerprint density at radius 3 is 2.43 bits per heavy atom. The fraction of sp³-hybridized carbons (Fsp3) is 0.286. The molecule has 0 fully saturated rings. The monoisotopic (exact) mass is 402 g/mol. The van der Waals surface area contributed by atoms with Crippen molar-refractivity contribution >= 4 is 21.6 Å². The Kier molecular flexibility index (Phi) is 7.23. The standard InChI is InChI=1S/C21H26N2O4S/c1-5-14-23(28(4,25)26)19-12-10-18(11-13-19)21(24)22-17(3)15-27-20-9-7-6-8-16(20)2/h5-13,17H,1,14-15H2,2-4H3,(H,22,24)/t17-/m1/s1. The van der Waals surface area contributed by atoms with E-state index in [0.717, 1.165) is 17.6 Å². The van der Waals surface area contributed by atoms with Crippen molar-refractivity contribution in [2.75, 3.05) is 23.7 Å². The number of anilines is 1. The molecule has 2 aromatic rings. The topological polar surface area (TPSA) is 75.7 Å². The summed E-state index contributed by atoms with van der Waals surface area (Å²) in [6.07, 6.45) is 2.64. The number of carbonyl (C=O) groups excluding carboxylic acids is 1. The number of nitrogens with zero attached hydrogens (tertiary/aromatic N) is 1. The fourth-order valence-electron chi connectivity index (χ4n) is 2.61. The molecule has 1 amide bonds. The predicted octanol–water partition coefficient (Wildman–Crippen LogP) is 3.14. The van der Waals surface area contributed by atoms with Gasteiger partial charge >= 0.3 is 0 Å². The van der Waals surface area contributed by atoms with Crippen LogP contribution in [0.4, 0.5) is 5.69 Å². The van der Waals surface area contributed by atoms with E-state index in [9.17, 15) is 13.2 Å². The lowest BCUT2D eigenvalue weighted by Gasteiger charge is -2.21. The van der Waals surface area contributed by atoms with Crippen molar-refractivity contribution in [1.29, 1.82) is 0 Å². The first-order valence-corrected chi connectivity index (χ1v) is 10.7. The van der Waals surface area contributed by atoms with Crippen molar-refractivity contribution in [1.82, 2.24) is 5.32 Å². The van der Waals surface area contributed by atoms with Crippen molar-refractivity contribution < 1.29 is 17.9 Å². The second-order valence-electron chi connectivity index (χ2n) is 6.58. The van der Waals surface area contributed by atoms with Crippen LogP contribution >= 0.6 is 0 Å². The quantitative estimate of drug-likeness (QED) is 0.654. The number of carbonyl (C=O) groups is 1. The Hall–Kier alpha value is -2.80. The highest BCUT2D eigenvalue weighted by Crippen LogP contribution is 2.19. The molecular weight excluding hydrogens is 376 g/mol. The normalized spacial score (nSPS) is 12.1. The van der Waals surface area contributed by atoms with Gasteiger partial charge in [0, 0.05) is 5.56 Å². The third-order valence-corrected chi connectivity index (χ3v) is 5.23. The number of hydrogen-bond donors (Lipinski definition) is 1. The Labute approximate surface area is 166 Å². The average molecular weight is 403 g/mol. The van der Waals surface area contributed by atoms with Gasteiger partial charge in [0.15, 0.2) is 0 Å². The van der Waals surface area contributed by atoms with Gasteiger partial charge in [-0.3, -0.25) is 9.10 Å². The number of aryl methyl sites for hydroxylation is 1. The molecule has 0 saturated carbocycles. The van der Waals surface area contributed by atoms with Crippen molar-refractivity contribution in [2.24, 2.45) is 0 Å². The molecule has 0 aliphatic rings. The molecule has 0 aliphatic carbocycles. The maximum Gasteiger partial charge on any atom is 0.251 e. The molecule has 0 saturated heterocycles. The Morgan fingerprint density at radius 1 is 1.21 bits per heavy atom. The lowest BCUT2D eigenvalue weighted by molar-refractivity contribution is 0.0926. The zero-order valence-corrected chi connectivity index (χ0v) is 17.2. The van der Waals surface area contributed by atoms with E-state index in [1.54, 1.807) is 24.3 Å². The molecule has 0 heterocycles. The van der Waals surface area contributed by atoms with Gasteiger partial charge in [0.1, 0.15) is 12.4 Å². The van der Waals surface area contributed by atoms with Gasteiger partial charge in [-0.1, -0.05) is 24.3 Å². The van der Waals surface area contributed by atoms with Crippen LogP contribution in [0.3, 0.4) is 0 Å². The first kappa shape index (κ1) is 21.5. The van der Waals surface area contributed by atoms with E-state index in [4.69, 9.17) is 4.74 Å². The number of rotatable bonds is 9. The van der Waals surface area contributed by atoms with Gasteiger partial charge in [-0.15, -0.1) is 6.58 Å². The number of benzene rings is 2. The minimum absolute atomic E-state index is 0.164. The minimum atomic E-state index is -3.42. The highest BCUT2D eigenvalue weighted by molar-refractivity contribution is 7.92. The molecule has 0 bridgehead atoms. The van der Waals surface area contributed by atoms with Crippen molar-refractivity contribution in [2.45, 2.75) is 19.9 Å². The molecule has 0 radical (unpaired) electrons. The number of amides is 1. The molecule has 0 spiro atoms. The van der Waals surface area contributed by atoms with Gasteiger partial charge in [0.25, 0.3) is 5.91 Å². The Balaban J connectivity index is 1.98. The second kappa shape index (κ2) is 9.41. The summed E-state index contributed by atoms with van der Waals surface area (Å²) in [6.45, 7) is 7.91. The summed E-state index contributed by atoms with van der Waals surface area (Å²) in [4.78, 5) is 12.4. The second-order valence-corrected chi connectivity index (χ2v) is 8.49. The largest absolute Gasteiger partial charge is 0.491 e. The fourth-order valence-corrected chi connectivity index (χ4v) is 3.49. The zero-order valence-electron chi connectivity index (χ0n) is 16.4. The van der Waals surface area contributed by atoms with Crippen LogP contribution in [0.1, 0.15) is 22.8 Å². The molecule has 2 aromatic carbocycles. The van der Waals surface area contributed by atoms with Crippen LogP contribution in [0.25, 0.3) is 0 Å². The summed E-state index contributed by atoms with van der Waals surface area (Å²) in [5, 5.41) is 2.88. The molecule has 2 rings (SSSR count). The lowest BCUT2D eigenvalue weighted by Crippen LogP contribution is -2.36. The highest BCUT2D eigenvalue weighted by atomic mass is 32.2. The first-order valence-electron chi connectivity index (χ1n) is 8.90. The van der Waals surface area contributed by atoms with Gasteiger partial charge in [-0.2, -0.15) is 0 Å². The molecule has 1 atom stereocenters. The highest BCUT2D eigenvalue weighted by Gasteiger charge is 2.17. The van der Waals surface area contributed by atoms with Gasteiger partial charge in [0.2, 0.25) is 10.0 Å². The average Bonchev–Trinajstić information content (AvgIpc) is 2.64. The number of hydrogen-bond acceptors (Lipinski definition) is 4. The van der Waals surface area contributed by atoms with Crippen LogP contribution < -0.4 is 14.4 Å². The zero-order chi connectivity index (χ0) is 20.7. The van der Waals surface area contributed by atoms with Crippen LogP contribution in [-0.4, -0.2) is 39.8 Å². The molecule has 0 aliphatic heterocycles. The van der Waals surface area contributed by atoms with E-state index >= 15 is 0 Å². The smallest absolute Gasteiger partial charge is 0.251 e. The Bertz CT molecular complexity index is 924. The van der Waals surface area contributed by atoms with Crippen LogP contribution in [0.2, 0.25) is 0 Å². The third-order valence-electron chi connectivity index (χ3n) is 4.07. The maximum atomic E-state index is 12.4. The van der Waals surface area contributed by atoms with Crippen molar-refractivity contribution in [3.63, 3.8) is 0 Å². The lowest BCUT2D eigenvalue weighted by atomic mass is 10.2. The first-order chi connectivity index (χ1) is 13.2. The van der Waals surface area contributed by atoms with Crippen molar-refractivity contribution in [3.8, 4) is 5.75 Å². The summed E-state index contributed by atoms with van der Waals surface area (Å²) in [5.74, 6) is 0.540. The van der Waals surface area contributed by atoms with Gasteiger partial charge in [0.05, 0.1) is 24.5 Å². The Morgan fingerprint density at radius 2 is 1.86 bits per heavy atom. The molecule has 7 heteroatoms. The number of sulfonamides is 1. The van der Waals surface area contributed by atoms with Gasteiger partial charge in [-0.05, 0) is 49.7 Å². The summed E-state index contributed by atoms with van der Waals surface area (Å²) in [5.41, 5.74) is 1.96. The van der Waals surface area contributed by atoms with E-state index in [-0.39, 0.29) is 18.5 Å². The van der Waals surface area contributed by atoms with Crippen LogP contribution in [0, 0.1) is 6.92 Å². The van der Waals surface area contributed by atoms with E-state index in [2.05, 4.69) is 11.9 Å². The number of nitrogens with one attached hydrogen (secondary N) is 1. The number of para-hydroxylation sites is 1. The van der Waals surface area contributed by atoms with Crippen LogP contribution in [-0.2, 0) is 10.0 Å². The molecule has 1 N–H and O–H groups in total. The van der Waals surface area contributed by atoms with E-state index in [1.165, 1.54) is 10.4 Å². The molecule has 150 valence electrons. The van der Waals surface area contributed by atoms with Gasteiger partial charge in [-0.25, -0.2) is 8.42 Å². The van der Waals surface area contributed by atoms with E-state index in [1.807, 2.05) is 38.1 Å². The van der Waals surface area contributed by atoms with Gasteiger partial charge < -0.3 is 10.1 Å². The minimum Gasteiger partial charge on any atom is -0.491 e. The molecule has 6 nitrogen and oxygen atoms in total. The van der Waals surface area contributed by atoms with Crippen LogP contribution in [0.15, 0.2) is 61.2 Å². The van der Waals surface area contributed by atoms with Crippen molar-refractivity contribution in [3.05, 3.63) is 72.3 Å². The number of ether oxygens (including phenoxy) is 1. The summed E-state index contributed by atoms with van der Waals surface area (Å²) < 4.78 is 30.7. The predicted molar refractivity (Wildman–Crippen MR) is 112 cm³/mol. The van der Waals surface area contributed by atoms with E-state index < -0.39 is 10.0 Å². The van der Waals surface area contributed by atoms with E-state index in [0.29, 0.717) is 17.9 Å².